The second kappa shape index (κ2) is 7.06. The van der Waals surface area contributed by atoms with Gasteiger partial charge in [0, 0.05) is 42.5 Å². The fourth-order valence-electron chi connectivity index (χ4n) is 5.06. The lowest BCUT2D eigenvalue weighted by Gasteiger charge is -2.60. The molecule has 1 saturated carbocycles. The SMILES string of the molecule is CC(C)(C)OC(=O)N1CC2(C1)CN(c1sc3nnc(-c4ccccc4O)cc3c1C1CC1)C2. The molecular weight excluding hydrogens is 436 g/mol. The first-order valence-electron chi connectivity index (χ1n) is 11.5. The molecule has 3 aliphatic rings. The molecule has 3 fully saturated rings. The molecule has 8 heteroatoms. The van der Waals surface area contributed by atoms with Crippen molar-refractivity contribution in [2.24, 2.45) is 5.41 Å². The number of nitrogens with zero attached hydrogens (tertiary/aromatic N) is 4. The molecule has 6 rings (SSSR count). The number of rotatable bonds is 3. The molecule has 2 saturated heterocycles. The van der Waals surface area contributed by atoms with E-state index in [1.165, 1.54) is 23.4 Å². The Morgan fingerprint density at radius 3 is 2.55 bits per heavy atom. The summed E-state index contributed by atoms with van der Waals surface area (Å²) in [4.78, 5) is 17.5. The molecule has 2 aliphatic heterocycles. The van der Waals surface area contributed by atoms with Crippen LogP contribution in [0.3, 0.4) is 0 Å². The molecule has 0 atom stereocenters. The van der Waals surface area contributed by atoms with E-state index in [2.05, 4.69) is 21.2 Å². The summed E-state index contributed by atoms with van der Waals surface area (Å²) in [6, 6.07) is 9.37. The Balaban J connectivity index is 1.23. The average molecular weight is 465 g/mol. The molecule has 4 heterocycles. The predicted molar refractivity (Wildman–Crippen MR) is 129 cm³/mol. The molecule has 1 spiro atoms. The van der Waals surface area contributed by atoms with Crippen LogP contribution >= 0.6 is 11.3 Å². The topological polar surface area (TPSA) is 78.8 Å². The van der Waals surface area contributed by atoms with E-state index >= 15 is 0 Å². The molecule has 2 aromatic heterocycles. The lowest BCUT2D eigenvalue weighted by molar-refractivity contribution is -0.0451. The van der Waals surface area contributed by atoms with E-state index in [0.29, 0.717) is 17.2 Å². The lowest BCUT2D eigenvalue weighted by Crippen LogP contribution is -2.73. The van der Waals surface area contributed by atoms with Gasteiger partial charge in [0.05, 0.1) is 10.7 Å². The minimum absolute atomic E-state index is 0.181. The van der Waals surface area contributed by atoms with Gasteiger partial charge in [0.15, 0.2) is 0 Å². The van der Waals surface area contributed by atoms with Crippen LogP contribution < -0.4 is 4.90 Å². The van der Waals surface area contributed by atoms with Crippen LogP contribution in [0.25, 0.3) is 21.5 Å². The number of carbonyl (C=O) groups is 1. The van der Waals surface area contributed by atoms with Gasteiger partial charge >= 0.3 is 6.09 Å². The number of thiophene rings is 1. The standard InChI is InChI=1S/C25H28N4O3S/c1-24(2,3)32-23(31)29-13-25(14-29)11-28(12-25)22-20(15-8-9-15)17-10-18(26-27-21(17)33-22)16-6-4-5-7-19(16)30/h4-7,10,15,30H,8-9,11-14H2,1-3H3. The Labute approximate surface area is 197 Å². The second-order valence-electron chi connectivity index (χ2n) is 10.8. The third kappa shape index (κ3) is 3.60. The molecule has 7 nitrogen and oxygen atoms in total. The summed E-state index contributed by atoms with van der Waals surface area (Å²) < 4.78 is 5.51. The first kappa shape index (κ1) is 20.7. The van der Waals surface area contributed by atoms with Gasteiger partial charge in [-0.25, -0.2) is 4.79 Å². The molecule has 0 unspecified atom stereocenters. The Bertz CT molecular complexity index is 1250. The van der Waals surface area contributed by atoms with Gasteiger partial charge in [-0.1, -0.05) is 23.5 Å². The van der Waals surface area contributed by atoms with Gasteiger partial charge in [0.25, 0.3) is 0 Å². The van der Waals surface area contributed by atoms with E-state index in [1.807, 2.05) is 43.9 Å². The maximum absolute atomic E-state index is 12.3. The number of benzene rings is 1. The quantitative estimate of drug-likeness (QED) is 0.588. The Morgan fingerprint density at radius 1 is 1.15 bits per heavy atom. The van der Waals surface area contributed by atoms with Gasteiger partial charge < -0.3 is 19.6 Å². The van der Waals surface area contributed by atoms with Crippen molar-refractivity contribution in [1.29, 1.82) is 0 Å². The third-order valence-corrected chi connectivity index (χ3v) is 7.85. The van der Waals surface area contributed by atoms with Crippen molar-refractivity contribution >= 4 is 32.6 Å². The summed E-state index contributed by atoms with van der Waals surface area (Å²) in [5.74, 6) is 0.796. The summed E-state index contributed by atoms with van der Waals surface area (Å²) in [6.45, 7) is 9.15. The van der Waals surface area contributed by atoms with Crippen molar-refractivity contribution in [3.05, 3.63) is 35.9 Å². The smallest absolute Gasteiger partial charge is 0.410 e. The van der Waals surface area contributed by atoms with Crippen molar-refractivity contribution in [3.8, 4) is 17.0 Å². The number of hydrogen-bond acceptors (Lipinski definition) is 7. The zero-order valence-corrected chi connectivity index (χ0v) is 20.0. The molecule has 1 N–H and O–H groups in total. The number of likely N-dealkylation sites (tertiary alicyclic amines) is 1. The summed E-state index contributed by atoms with van der Waals surface area (Å²) in [5.41, 5.74) is 2.53. The van der Waals surface area contributed by atoms with Gasteiger partial charge in [0.2, 0.25) is 0 Å². The largest absolute Gasteiger partial charge is 0.507 e. The molecule has 1 aliphatic carbocycles. The van der Waals surface area contributed by atoms with Crippen LogP contribution in [-0.4, -0.2) is 58.1 Å². The van der Waals surface area contributed by atoms with Gasteiger partial charge in [-0.3, -0.25) is 0 Å². The summed E-state index contributed by atoms with van der Waals surface area (Å²) >= 11 is 1.72. The number of hydrogen-bond donors (Lipinski definition) is 1. The minimum Gasteiger partial charge on any atom is -0.507 e. The number of phenolic OH excluding ortho intramolecular Hbond substituents is 1. The third-order valence-electron chi connectivity index (χ3n) is 6.68. The van der Waals surface area contributed by atoms with Crippen molar-refractivity contribution in [3.63, 3.8) is 0 Å². The van der Waals surface area contributed by atoms with Crippen LogP contribution in [-0.2, 0) is 4.74 Å². The van der Waals surface area contributed by atoms with Gasteiger partial charge in [0.1, 0.15) is 16.2 Å². The molecular formula is C25H28N4O3S. The fraction of sp³-hybridized carbons (Fsp3) is 0.480. The monoisotopic (exact) mass is 464 g/mol. The number of anilines is 1. The van der Waals surface area contributed by atoms with Crippen molar-refractivity contribution < 1.29 is 14.6 Å². The van der Waals surface area contributed by atoms with Crippen LogP contribution in [0.5, 0.6) is 5.75 Å². The highest BCUT2D eigenvalue weighted by Crippen LogP contribution is 2.54. The number of ether oxygens (including phenoxy) is 1. The van der Waals surface area contributed by atoms with E-state index in [1.54, 1.807) is 17.4 Å². The van der Waals surface area contributed by atoms with Gasteiger partial charge in [-0.05, 0) is 63.3 Å². The number of fused-ring (bicyclic) bond motifs is 1. The Kier molecular flexibility index (Phi) is 4.43. The normalized spacial score (nSPS) is 19.5. The summed E-state index contributed by atoms with van der Waals surface area (Å²) in [5, 5.41) is 21.7. The predicted octanol–water partition coefficient (Wildman–Crippen LogP) is 5.00. The van der Waals surface area contributed by atoms with Crippen LogP contribution in [0.15, 0.2) is 30.3 Å². The van der Waals surface area contributed by atoms with E-state index in [9.17, 15) is 9.90 Å². The molecule has 172 valence electrons. The number of phenols is 1. The minimum atomic E-state index is -0.460. The first-order chi connectivity index (χ1) is 15.7. The average Bonchev–Trinajstić information content (AvgIpc) is 3.45. The maximum atomic E-state index is 12.3. The number of para-hydroxylation sites is 1. The maximum Gasteiger partial charge on any atom is 0.410 e. The van der Waals surface area contributed by atoms with E-state index < -0.39 is 5.60 Å². The van der Waals surface area contributed by atoms with E-state index in [0.717, 1.165) is 36.4 Å². The molecule has 3 aromatic rings. The zero-order valence-electron chi connectivity index (χ0n) is 19.2. The highest BCUT2D eigenvalue weighted by molar-refractivity contribution is 7.22. The highest BCUT2D eigenvalue weighted by atomic mass is 32.1. The van der Waals surface area contributed by atoms with E-state index in [-0.39, 0.29) is 17.3 Å². The number of aromatic nitrogens is 2. The van der Waals surface area contributed by atoms with Crippen molar-refractivity contribution in [2.75, 3.05) is 31.1 Å². The first-order valence-corrected chi connectivity index (χ1v) is 12.3. The second-order valence-corrected chi connectivity index (χ2v) is 11.7. The van der Waals surface area contributed by atoms with Crippen LogP contribution in [0.1, 0.15) is 45.1 Å². The fourth-order valence-corrected chi connectivity index (χ4v) is 6.25. The molecule has 0 radical (unpaired) electrons. The Hall–Kier alpha value is -2.87. The molecule has 0 bridgehead atoms. The van der Waals surface area contributed by atoms with Gasteiger partial charge in [-0.15, -0.1) is 10.2 Å². The van der Waals surface area contributed by atoms with Crippen molar-refractivity contribution in [1.82, 2.24) is 15.1 Å². The molecule has 33 heavy (non-hydrogen) atoms. The molecule has 1 aromatic carbocycles. The summed E-state index contributed by atoms with van der Waals surface area (Å²) in [6.07, 6.45) is 2.20. The highest BCUT2D eigenvalue weighted by Gasteiger charge is 2.55. The van der Waals surface area contributed by atoms with Crippen molar-refractivity contribution in [2.45, 2.75) is 45.1 Å². The zero-order chi connectivity index (χ0) is 23.0. The molecule has 1 amide bonds. The van der Waals surface area contributed by atoms with Crippen LogP contribution in [0.4, 0.5) is 9.80 Å². The van der Waals surface area contributed by atoms with Crippen LogP contribution in [0.2, 0.25) is 0 Å². The number of aromatic hydroxyl groups is 1. The lowest BCUT2D eigenvalue weighted by atomic mass is 9.73. The summed E-state index contributed by atoms with van der Waals surface area (Å²) in [7, 11) is 0. The number of amides is 1. The Morgan fingerprint density at radius 2 is 1.88 bits per heavy atom. The van der Waals surface area contributed by atoms with Gasteiger partial charge in [-0.2, -0.15) is 0 Å². The van der Waals surface area contributed by atoms with Crippen LogP contribution in [0, 0.1) is 5.41 Å². The van der Waals surface area contributed by atoms with E-state index in [4.69, 9.17) is 4.74 Å². The number of carbonyl (C=O) groups excluding carboxylic acids is 1.